The molecule has 0 unspecified atom stereocenters. The van der Waals surface area contributed by atoms with Crippen LogP contribution < -0.4 is 5.32 Å². The third-order valence-corrected chi connectivity index (χ3v) is 5.56. The predicted molar refractivity (Wildman–Crippen MR) is 89.7 cm³/mol. The quantitative estimate of drug-likeness (QED) is 0.708. The summed E-state index contributed by atoms with van der Waals surface area (Å²) in [7, 11) is -3.45. The van der Waals surface area contributed by atoms with Crippen LogP contribution in [0.2, 0.25) is 0 Å². The van der Waals surface area contributed by atoms with Crippen molar-refractivity contribution in [2.24, 2.45) is 0 Å². The molecule has 0 aliphatic carbocycles. The summed E-state index contributed by atoms with van der Waals surface area (Å²) in [5.74, 6) is 0.185. The molecule has 0 saturated heterocycles. The SMILES string of the molecule is CSCC[C@](C)(O)CNC(=O)CCS(=O)(=O)c1ccccc1. The van der Waals surface area contributed by atoms with Gasteiger partial charge in [0.15, 0.2) is 9.84 Å². The van der Waals surface area contributed by atoms with Gasteiger partial charge in [0.25, 0.3) is 0 Å². The monoisotopic (exact) mass is 345 g/mol. The van der Waals surface area contributed by atoms with Crippen molar-refractivity contribution in [1.29, 1.82) is 0 Å². The molecule has 0 aromatic heterocycles. The third kappa shape index (κ3) is 6.81. The second-order valence-electron chi connectivity index (χ2n) is 5.40. The number of hydrogen-bond donors (Lipinski definition) is 2. The van der Waals surface area contributed by atoms with E-state index in [-0.39, 0.29) is 29.5 Å². The first-order chi connectivity index (χ1) is 10.3. The molecule has 1 amide bonds. The Bertz CT molecular complexity index is 570. The molecule has 2 N–H and O–H groups in total. The standard InChI is InChI=1S/C15H23NO4S2/c1-15(18,9-10-21-2)12-16-14(17)8-11-22(19,20)13-6-4-3-5-7-13/h3-7,18H,8-12H2,1-2H3,(H,16,17)/t15-/m0/s1. The molecule has 0 saturated carbocycles. The lowest BCUT2D eigenvalue weighted by Gasteiger charge is -2.23. The summed E-state index contributed by atoms with van der Waals surface area (Å²) in [6.07, 6.45) is 2.40. The van der Waals surface area contributed by atoms with Gasteiger partial charge in [-0.05, 0) is 37.5 Å². The molecule has 1 aromatic rings. The van der Waals surface area contributed by atoms with Crippen LogP contribution in [-0.2, 0) is 14.6 Å². The Kier molecular flexibility index (Phi) is 7.38. The smallest absolute Gasteiger partial charge is 0.221 e. The number of carbonyl (C=O) groups is 1. The third-order valence-electron chi connectivity index (χ3n) is 3.21. The maximum atomic E-state index is 12.0. The molecule has 0 spiro atoms. The number of sulfone groups is 1. The largest absolute Gasteiger partial charge is 0.388 e. The van der Waals surface area contributed by atoms with Crippen molar-refractivity contribution in [2.75, 3.05) is 24.3 Å². The highest BCUT2D eigenvalue weighted by atomic mass is 32.2. The zero-order chi connectivity index (χ0) is 16.6. The van der Waals surface area contributed by atoms with Crippen LogP contribution in [0.1, 0.15) is 19.8 Å². The van der Waals surface area contributed by atoms with Gasteiger partial charge in [-0.3, -0.25) is 4.79 Å². The summed E-state index contributed by atoms with van der Waals surface area (Å²) in [5.41, 5.74) is -0.975. The molecule has 1 atom stereocenters. The zero-order valence-electron chi connectivity index (χ0n) is 12.9. The molecule has 0 aliphatic rings. The number of carbonyl (C=O) groups excluding carboxylic acids is 1. The first-order valence-electron chi connectivity index (χ1n) is 7.03. The summed E-state index contributed by atoms with van der Waals surface area (Å²) < 4.78 is 24.1. The summed E-state index contributed by atoms with van der Waals surface area (Å²) in [4.78, 5) is 12.0. The number of hydrogen-bond acceptors (Lipinski definition) is 5. The van der Waals surface area contributed by atoms with Crippen molar-refractivity contribution in [2.45, 2.75) is 30.3 Å². The number of amides is 1. The van der Waals surface area contributed by atoms with Crippen LogP contribution in [-0.4, -0.2) is 49.3 Å². The van der Waals surface area contributed by atoms with Crippen molar-refractivity contribution in [1.82, 2.24) is 5.32 Å². The minimum absolute atomic E-state index is 0.115. The van der Waals surface area contributed by atoms with Crippen LogP contribution >= 0.6 is 11.8 Å². The number of aliphatic hydroxyl groups is 1. The lowest BCUT2D eigenvalue weighted by atomic mass is 10.0. The van der Waals surface area contributed by atoms with Gasteiger partial charge in [0.1, 0.15) is 0 Å². The van der Waals surface area contributed by atoms with Crippen molar-refractivity contribution >= 4 is 27.5 Å². The Morgan fingerprint density at radius 2 is 1.95 bits per heavy atom. The van der Waals surface area contributed by atoms with Crippen LogP contribution in [0.4, 0.5) is 0 Å². The zero-order valence-corrected chi connectivity index (χ0v) is 14.5. The summed E-state index contributed by atoms with van der Waals surface area (Å²) in [6.45, 7) is 1.78. The van der Waals surface area contributed by atoms with Gasteiger partial charge < -0.3 is 10.4 Å². The van der Waals surface area contributed by atoms with Gasteiger partial charge in [0, 0.05) is 13.0 Å². The van der Waals surface area contributed by atoms with E-state index in [1.165, 1.54) is 12.1 Å². The second-order valence-corrected chi connectivity index (χ2v) is 8.49. The van der Waals surface area contributed by atoms with Gasteiger partial charge in [-0.25, -0.2) is 8.42 Å². The number of thioether (sulfide) groups is 1. The molecule has 1 aromatic carbocycles. The second kappa shape index (κ2) is 8.55. The van der Waals surface area contributed by atoms with Crippen molar-refractivity contribution in [3.05, 3.63) is 30.3 Å². The molecule has 124 valence electrons. The van der Waals surface area contributed by atoms with Crippen molar-refractivity contribution < 1.29 is 18.3 Å². The lowest BCUT2D eigenvalue weighted by Crippen LogP contribution is -2.41. The van der Waals surface area contributed by atoms with Gasteiger partial charge in [-0.15, -0.1) is 0 Å². The molecule has 0 bridgehead atoms. The molecule has 0 heterocycles. The Balaban J connectivity index is 2.43. The highest BCUT2D eigenvalue weighted by Crippen LogP contribution is 2.13. The van der Waals surface area contributed by atoms with Gasteiger partial charge >= 0.3 is 0 Å². The Morgan fingerprint density at radius 1 is 1.32 bits per heavy atom. The fourth-order valence-electron chi connectivity index (χ4n) is 1.76. The van der Waals surface area contributed by atoms with E-state index in [9.17, 15) is 18.3 Å². The van der Waals surface area contributed by atoms with Gasteiger partial charge in [-0.1, -0.05) is 18.2 Å². The van der Waals surface area contributed by atoms with Crippen molar-refractivity contribution in [3.63, 3.8) is 0 Å². The maximum Gasteiger partial charge on any atom is 0.221 e. The van der Waals surface area contributed by atoms with E-state index in [2.05, 4.69) is 5.32 Å². The average Bonchev–Trinajstić information content (AvgIpc) is 2.50. The summed E-state index contributed by atoms with van der Waals surface area (Å²) >= 11 is 1.62. The Labute approximate surface area is 136 Å². The molecule has 1 rings (SSSR count). The van der Waals surface area contributed by atoms with E-state index in [1.54, 1.807) is 36.9 Å². The van der Waals surface area contributed by atoms with Gasteiger partial charge in [-0.2, -0.15) is 11.8 Å². The maximum absolute atomic E-state index is 12.0. The fraction of sp³-hybridized carbons (Fsp3) is 0.533. The van der Waals surface area contributed by atoms with E-state index in [0.717, 1.165) is 5.75 Å². The lowest BCUT2D eigenvalue weighted by molar-refractivity contribution is -0.121. The molecule has 22 heavy (non-hydrogen) atoms. The number of benzene rings is 1. The van der Waals surface area contributed by atoms with E-state index < -0.39 is 15.4 Å². The Hall–Kier alpha value is -1.05. The molecule has 0 fully saturated rings. The number of rotatable bonds is 9. The predicted octanol–water partition coefficient (Wildman–Crippen LogP) is 1.47. The van der Waals surface area contributed by atoms with Gasteiger partial charge in [0.2, 0.25) is 5.91 Å². The molecule has 7 heteroatoms. The topological polar surface area (TPSA) is 83.5 Å². The fourth-order valence-corrected chi connectivity index (χ4v) is 3.67. The molecular weight excluding hydrogens is 322 g/mol. The van der Waals surface area contributed by atoms with Crippen LogP contribution in [0.3, 0.4) is 0 Å². The molecular formula is C15H23NO4S2. The van der Waals surface area contributed by atoms with Gasteiger partial charge in [0.05, 0.1) is 16.2 Å². The Morgan fingerprint density at radius 3 is 2.55 bits per heavy atom. The first-order valence-corrected chi connectivity index (χ1v) is 10.1. The highest BCUT2D eigenvalue weighted by molar-refractivity contribution is 7.98. The van der Waals surface area contributed by atoms with Crippen LogP contribution in [0.25, 0.3) is 0 Å². The summed E-state index contributed by atoms with van der Waals surface area (Å²) in [6, 6.07) is 8.06. The minimum atomic E-state index is -3.45. The minimum Gasteiger partial charge on any atom is -0.388 e. The van der Waals surface area contributed by atoms with Crippen LogP contribution in [0.15, 0.2) is 35.2 Å². The van der Waals surface area contributed by atoms with E-state index in [4.69, 9.17) is 0 Å². The molecule has 0 aliphatic heterocycles. The summed E-state index contributed by atoms with van der Waals surface area (Å²) in [5, 5.41) is 12.6. The average molecular weight is 345 g/mol. The number of nitrogens with one attached hydrogen (secondary N) is 1. The molecule has 0 radical (unpaired) electrons. The van der Waals surface area contributed by atoms with Crippen molar-refractivity contribution in [3.8, 4) is 0 Å². The van der Waals surface area contributed by atoms with E-state index in [1.807, 2.05) is 6.26 Å². The van der Waals surface area contributed by atoms with Crippen LogP contribution in [0, 0.1) is 0 Å². The highest BCUT2D eigenvalue weighted by Gasteiger charge is 2.21. The van der Waals surface area contributed by atoms with E-state index in [0.29, 0.717) is 6.42 Å². The van der Waals surface area contributed by atoms with Crippen LogP contribution in [0.5, 0.6) is 0 Å². The normalized spacial score (nSPS) is 14.3. The van der Waals surface area contributed by atoms with E-state index >= 15 is 0 Å². The molecule has 5 nitrogen and oxygen atoms in total. The first kappa shape index (κ1) is 19.0.